The number of halogens is 1. The number of para-hydroxylation sites is 1. The molecule has 3 heterocycles. The van der Waals surface area contributed by atoms with Gasteiger partial charge in [0.25, 0.3) is 5.56 Å². The Morgan fingerprint density at radius 2 is 1.92 bits per heavy atom. The third-order valence-electron chi connectivity index (χ3n) is 6.66. The number of methoxy groups -OCH3 is 1. The van der Waals surface area contributed by atoms with Gasteiger partial charge in [0.2, 0.25) is 0 Å². The Morgan fingerprint density at radius 3 is 2.75 bits per heavy atom. The Hall–Kier alpha value is -4.53. The van der Waals surface area contributed by atoms with Crippen LogP contribution < -0.4 is 15.2 Å². The van der Waals surface area contributed by atoms with Crippen molar-refractivity contribution >= 4 is 16.6 Å². The number of anilines is 1. The van der Waals surface area contributed by atoms with Crippen LogP contribution in [-0.2, 0) is 13.0 Å². The van der Waals surface area contributed by atoms with Crippen LogP contribution in [0.2, 0.25) is 0 Å². The zero-order valence-corrected chi connectivity index (χ0v) is 19.6. The number of nitrogens with zero attached hydrogens (tertiary/aromatic N) is 5. The maximum atomic E-state index is 13.5. The van der Waals surface area contributed by atoms with Crippen molar-refractivity contribution < 1.29 is 9.13 Å². The van der Waals surface area contributed by atoms with Gasteiger partial charge in [-0.2, -0.15) is 0 Å². The lowest BCUT2D eigenvalue weighted by atomic mass is 10.0. The highest BCUT2D eigenvalue weighted by molar-refractivity contribution is 5.81. The van der Waals surface area contributed by atoms with Crippen molar-refractivity contribution in [2.45, 2.75) is 19.0 Å². The predicted octanol–water partition coefficient (Wildman–Crippen LogP) is 3.86. The largest absolute Gasteiger partial charge is 0.497 e. The molecule has 0 spiro atoms. The average molecular weight is 483 g/mol. The number of nitrogens with one attached hydrogen (secondary N) is 1. The molecule has 180 valence electrons. The third-order valence-corrected chi connectivity index (χ3v) is 6.66. The van der Waals surface area contributed by atoms with Gasteiger partial charge >= 0.3 is 0 Å². The van der Waals surface area contributed by atoms with Gasteiger partial charge < -0.3 is 14.6 Å². The van der Waals surface area contributed by atoms with E-state index in [1.807, 2.05) is 36.4 Å². The lowest BCUT2D eigenvalue weighted by molar-refractivity contribution is 0.415. The van der Waals surface area contributed by atoms with E-state index in [2.05, 4.69) is 37.5 Å². The average Bonchev–Trinajstić information content (AvgIpc) is 3.53. The molecule has 0 fully saturated rings. The van der Waals surface area contributed by atoms with Gasteiger partial charge in [-0.25, -0.2) is 9.07 Å². The summed E-state index contributed by atoms with van der Waals surface area (Å²) in [6.45, 7) is 1.05. The van der Waals surface area contributed by atoms with E-state index >= 15 is 0 Å². The Balaban J connectivity index is 1.52. The van der Waals surface area contributed by atoms with E-state index < -0.39 is 6.04 Å². The molecule has 8 nitrogen and oxygen atoms in total. The smallest absolute Gasteiger partial charge is 0.254 e. The van der Waals surface area contributed by atoms with Crippen molar-refractivity contribution in [3.8, 4) is 5.75 Å². The maximum Gasteiger partial charge on any atom is 0.254 e. The number of aromatic amines is 1. The molecule has 1 N–H and O–H groups in total. The summed E-state index contributed by atoms with van der Waals surface area (Å²) >= 11 is 0. The minimum Gasteiger partial charge on any atom is -0.497 e. The molecule has 36 heavy (non-hydrogen) atoms. The first-order valence-electron chi connectivity index (χ1n) is 11.7. The Bertz CT molecular complexity index is 1610. The maximum absolute atomic E-state index is 13.5. The van der Waals surface area contributed by atoms with Crippen molar-refractivity contribution in [2.75, 3.05) is 18.6 Å². The Kier molecular flexibility index (Phi) is 5.44. The summed E-state index contributed by atoms with van der Waals surface area (Å²) in [4.78, 5) is 18.7. The number of aromatic nitrogens is 5. The fourth-order valence-corrected chi connectivity index (χ4v) is 4.89. The van der Waals surface area contributed by atoms with Gasteiger partial charge in [0.1, 0.15) is 17.6 Å². The van der Waals surface area contributed by atoms with Crippen LogP contribution in [0.1, 0.15) is 28.6 Å². The Labute approximate surface area is 206 Å². The van der Waals surface area contributed by atoms with E-state index in [4.69, 9.17) is 4.74 Å². The fraction of sp³-hybridized carbons (Fsp3) is 0.185. The number of benzene rings is 3. The van der Waals surface area contributed by atoms with Crippen LogP contribution in [0, 0.1) is 5.82 Å². The highest BCUT2D eigenvalue weighted by Gasteiger charge is 2.34. The highest BCUT2D eigenvalue weighted by Crippen LogP contribution is 2.37. The van der Waals surface area contributed by atoms with Gasteiger partial charge in [0.15, 0.2) is 5.82 Å². The minimum absolute atomic E-state index is 0.210. The van der Waals surface area contributed by atoms with Crippen LogP contribution in [0.4, 0.5) is 10.1 Å². The molecule has 0 amide bonds. The fourth-order valence-electron chi connectivity index (χ4n) is 4.89. The highest BCUT2D eigenvalue weighted by atomic mass is 19.1. The van der Waals surface area contributed by atoms with Crippen LogP contribution >= 0.6 is 0 Å². The molecule has 9 heteroatoms. The lowest BCUT2D eigenvalue weighted by Crippen LogP contribution is -2.34. The Morgan fingerprint density at radius 1 is 1.08 bits per heavy atom. The first-order valence-corrected chi connectivity index (χ1v) is 11.7. The lowest BCUT2D eigenvalue weighted by Gasteiger charge is -2.29. The van der Waals surface area contributed by atoms with Crippen molar-refractivity contribution in [3.63, 3.8) is 0 Å². The first kappa shape index (κ1) is 22.0. The van der Waals surface area contributed by atoms with E-state index in [9.17, 15) is 9.18 Å². The molecule has 6 rings (SSSR count). The van der Waals surface area contributed by atoms with Crippen LogP contribution in [0.25, 0.3) is 10.9 Å². The van der Waals surface area contributed by atoms with E-state index in [1.165, 1.54) is 17.7 Å². The van der Waals surface area contributed by atoms with Crippen molar-refractivity contribution in [1.82, 2.24) is 25.2 Å². The SMILES string of the molecule is COc1ccc2[nH]c(=O)c(C(c3nnnn3Cc3ccc(F)cc3)N3CCc4ccccc43)cc2c1. The third kappa shape index (κ3) is 3.88. The molecule has 0 bridgehead atoms. The summed E-state index contributed by atoms with van der Waals surface area (Å²) in [6.07, 6.45) is 0.853. The van der Waals surface area contributed by atoms with Crippen LogP contribution in [0.3, 0.4) is 0 Å². The second kappa shape index (κ2) is 8.92. The summed E-state index contributed by atoms with van der Waals surface area (Å²) in [5.74, 6) is 0.925. The van der Waals surface area contributed by atoms with Gasteiger partial charge in [-0.15, -0.1) is 5.10 Å². The number of hydrogen-bond donors (Lipinski definition) is 1. The zero-order valence-electron chi connectivity index (χ0n) is 19.6. The number of rotatable bonds is 6. The van der Waals surface area contributed by atoms with E-state index in [0.29, 0.717) is 30.2 Å². The molecule has 0 saturated carbocycles. The number of H-pyrrole nitrogens is 1. The summed E-state index contributed by atoms with van der Waals surface area (Å²) < 4.78 is 20.5. The molecule has 5 aromatic rings. The minimum atomic E-state index is -0.538. The van der Waals surface area contributed by atoms with Crippen LogP contribution in [0.15, 0.2) is 77.6 Å². The standard InChI is InChI=1S/C27H23FN6O2/c1-36-21-10-11-23-19(14-21)15-22(27(35)29-23)25(33-13-12-18-4-2-3-5-24(18)33)26-30-31-32-34(26)16-17-6-8-20(28)9-7-17/h2-11,14-15,25H,12-13,16H2,1H3,(H,29,35). The zero-order chi connectivity index (χ0) is 24.6. The van der Waals surface area contributed by atoms with Crippen molar-refractivity contribution in [3.05, 3.63) is 111 Å². The normalized spacial score (nSPS) is 13.7. The molecule has 3 aromatic carbocycles. The number of fused-ring (bicyclic) bond motifs is 2. The number of tetrazole rings is 1. The van der Waals surface area contributed by atoms with Gasteiger partial charge in [0, 0.05) is 28.7 Å². The monoisotopic (exact) mass is 482 g/mol. The molecule has 1 unspecified atom stereocenters. The van der Waals surface area contributed by atoms with E-state index in [0.717, 1.165) is 28.6 Å². The summed E-state index contributed by atoms with van der Waals surface area (Å²) in [5.41, 5.74) is 4.14. The molecule has 0 radical (unpaired) electrons. The van der Waals surface area contributed by atoms with Crippen molar-refractivity contribution in [2.24, 2.45) is 0 Å². The summed E-state index contributed by atoms with van der Waals surface area (Å²) in [5, 5.41) is 13.4. The predicted molar refractivity (Wildman–Crippen MR) is 134 cm³/mol. The number of pyridine rings is 1. The molecule has 0 aliphatic carbocycles. The second-order valence-electron chi connectivity index (χ2n) is 8.80. The molecule has 2 aromatic heterocycles. The van der Waals surface area contributed by atoms with E-state index in [1.54, 1.807) is 23.9 Å². The van der Waals surface area contributed by atoms with Crippen molar-refractivity contribution in [1.29, 1.82) is 0 Å². The molecular formula is C27H23FN6O2. The molecular weight excluding hydrogens is 459 g/mol. The molecule has 1 atom stereocenters. The number of hydrogen-bond acceptors (Lipinski definition) is 6. The van der Waals surface area contributed by atoms with Gasteiger partial charge in [-0.05, 0) is 70.4 Å². The van der Waals surface area contributed by atoms with Gasteiger partial charge in [-0.3, -0.25) is 4.79 Å². The first-order chi connectivity index (χ1) is 17.6. The summed E-state index contributed by atoms with van der Waals surface area (Å²) in [7, 11) is 1.61. The molecule has 0 saturated heterocycles. The molecule has 1 aliphatic heterocycles. The number of ether oxygens (including phenoxy) is 1. The van der Waals surface area contributed by atoms with Gasteiger partial charge in [0.05, 0.1) is 13.7 Å². The second-order valence-corrected chi connectivity index (χ2v) is 8.80. The summed E-state index contributed by atoms with van der Waals surface area (Å²) in [6, 6.07) is 21.3. The topological polar surface area (TPSA) is 88.9 Å². The quantitative estimate of drug-likeness (QED) is 0.395. The molecule has 1 aliphatic rings. The van der Waals surface area contributed by atoms with Gasteiger partial charge in [-0.1, -0.05) is 30.3 Å². The van der Waals surface area contributed by atoms with Crippen LogP contribution in [0.5, 0.6) is 5.75 Å². The van der Waals surface area contributed by atoms with E-state index in [-0.39, 0.29) is 11.4 Å². The van der Waals surface area contributed by atoms with Crippen LogP contribution in [-0.4, -0.2) is 38.8 Å².